The molecule has 0 bridgehead atoms. The van der Waals surface area contributed by atoms with Crippen LogP contribution in [0.4, 0.5) is 18.0 Å². The lowest BCUT2D eigenvalue weighted by Crippen LogP contribution is -2.30. The van der Waals surface area contributed by atoms with Crippen molar-refractivity contribution >= 4 is 12.1 Å². The first kappa shape index (κ1) is 19.7. The molecule has 5 nitrogen and oxygen atoms in total. The molecular weight excluding hydrogens is 375 g/mol. The summed E-state index contributed by atoms with van der Waals surface area (Å²) < 4.78 is 43.4. The van der Waals surface area contributed by atoms with Gasteiger partial charge in [0.2, 0.25) is 0 Å². The summed E-state index contributed by atoms with van der Waals surface area (Å²) in [5, 5.41) is 9.48. The largest absolute Gasteiger partial charge is 0.481 e. The number of nitrogens with zero attached hydrogens (tertiary/aromatic N) is 1. The van der Waals surface area contributed by atoms with Gasteiger partial charge in [-0.05, 0) is 23.3 Å². The zero-order valence-electron chi connectivity index (χ0n) is 14.7. The number of alkyl halides is 3. The van der Waals surface area contributed by atoms with Gasteiger partial charge in [-0.2, -0.15) is 13.2 Å². The highest BCUT2D eigenvalue weighted by atomic mass is 19.4. The maximum absolute atomic E-state index is 12.7. The van der Waals surface area contributed by atoms with E-state index >= 15 is 0 Å². The third-order valence-electron chi connectivity index (χ3n) is 4.77. The molecule has 1 saturated heterocycles. The topological polar surface area (TPSA) is 66.8 Å². The Kier molecular flexibility index (Phi) is 5.58. The SMILES string of the molecule is O=C(O)[C@@H]1CN(C(=O)OCc2ccccc2)C[C@H]1c1ccc(C(F)(F)F)cc1. The van der Waals surface area contributed by atoms with Gasteiger partial charge in [0, 0.05) is 19.0 Å². The first-order valence-corrected chi connectivity index (χ1v) is 8.61. The molecule has 28 heavy (non-hydrogen) atoms. The molecule has 2 atom stereocenters. The highest BCUT2D eigenvalue weighted by molar-refractivity contribution is 5.75. The van der Waals surface area contributed by atoms with Crippen molar-refractivity contribution in [1.29, 1.82) is 0 Å². The highest BCUT2D eigenvalue weighted by Gasteiger charge is 2.41. The molecule has 3 rings (SSSR count). The fraction of sp³-hybridized carbons (Fsp3) is 0.300. The average molecular weight is 393 g/mol. The first-order valence-electron chi connectivity index (χ1n) is 8.61. The molecule has 148 valence electrons. The smallest absolute Gasteiger partial charge is 0.416 e. The summed E-state index contributed by atoms with van der Waals surface area (Å²) in [4.78, 5) is 25.2. The summed E-state index contributed by atoms with van der Waals surface area (Å²) in [6, 6.07) is 13.4. The minimum atomic E-state index is -4.46. The number of rotatable bonds is 4. The number of aliphatic carboxylic acids is 1. The predicted octanol–water partition coefficient (Wildman–Crippen LogP) is 4.14. The summed E-state index contributed by atoms with van der Waals surface area (Å²) in [6.45, 7) is 0.0590. The molecule has 0 aliphatic carbocycles. The van der Waals surface area contributed by atoms with Crippen LogP contribution in [-0.4, -0.2) is 35.2 Å². The molecule has 8 heteroatoms. The van der Waals surface area contributed by atoms with Crippen LogP contribution in [0.25, 0.3) is 0 Å². The van der Waals surface area contributed by atoms with Crippen LogP contribution < -0.4 is 0 Å². The van der Waals surface area contributed by atoms with E-state index in [1.165, 1.54) is 17.0 Å². The van der Waals surface area contributed by atoms with E-state index in [1.54, 1.807) is 24.3 Å². The molecule has 1 aliphatic rings. The van der Waals surface area contributed by atoms with Crippen molar-refractivity contribution in [3.63, 3.8) is 0 Å². The quantitative estimate of drug-likeness (QED) is 0.848. The second-order valence-electron chi connectivity index (χ2n) is 6.62. The number of hydrogen-bond donors (Lipinski definition) is 1. The van der Waals surface area contributed by atoms with Crippen LogP contribution in [0.5, 0.6) is 0 Å². The second-order valence-corrected chi connectivity index (χ2v) is 6.62. The Morgan fingerprint density at radius 2 is 1.68 bits per heavy atom. The predicted molar refractivity (Wildman–Crippen MR) is 93.5 cm³/mol. The molecule has 1 fully saturated rings. The van der Waals surface area contributed by atoms with Crippen LogP contribution in [0.1, 0.15) is 22.6 Å². The van der Waals surface area contributed by atoms with Gasteiger partial charge in [0.25, 0.3) is 0 Å². The number of hydrogen-bond acceptors (Lipinski definition) is 3. The summed E-state index contributed by atoms with van der Waals surface area (Å²) >= 11 is 0. The van der Waals surface area contributed by atoms with Crippen LogP contribution in [0, 0.1) is 5.92 Å². The van der Waals surface area contributed by atoms with Crippen molar-refractivity contribution < 1.29 is 32.6 Å². The Morgan fingerprint density at radius 1 is 1.04 bits per heavy atom. The molecule has 0 saturated carbocycles. The summed E-state index contributed by atoms with van der Waals surface area (Å²) in [5.41, 5.74) is 0.433. The van der Waals surface area contributed by atoms with Crippen LogP contribution in [-0.2, 0) is 22.3 Å². The number of carbonyl (C=O) groups is 2. The van der Waals surface area contributed by atoms with E-state index in [0.29, 0.717) is 5.56 Å². The summed E-state index contributed by atoms with van der Waals surface area (Å²) in [7, 11) is 0. The van der Waals surface area contributed by atoms with Gasteiger partial charge in [0.05, 0.1) is 11.5 Å². The lowest BCUT2D eigenvalue weighted by Gasteiger charge is -2.17. The van der Waals surface area contributed by atoms with Gasteiger partial charge in [0.1, 0.15) is 6.61 Å². The minimum Gasteiger partial charge on any atom is -0.481 e. The van der Waals surface area contributed by atoms with Crippen molar-refractivity contribution in [2.75, 3.05) is 13.1 Å². The molecule has 0 radical (unpaired) electrons. The third kappa shape index (κ3) is 4.44. The number of benzene rings is 2. The van der Waals surface area contributed by atoms with E-state index < -0.39 is 35.6 Å². The Bertz CT molecular complexity index is 837. The zero-order chi connectivity index (χ0) is 20.3. The number of carboxylic acid groups (broad SMARTS) is 1. The number of likely N-dealkylation sites (tertiary alicyclic amines) is 1. The normalized spacial score (nSPS) is 19.5. The average Bonchev–Trinajstić information content (AvgIpc) is 3.12. The fourth-order valence-corrected chi connectivity index (χ4v) is 3.27. The van der Waals surface area contributed by atoms with E-state index in [0.717, 1.165) is 17.7 Å². The van der Waals surface area contributed by atoms with E-state index in [1.807, 2.05) is 6.07 Å². The van der Waals surface area contributed by atoms with E-state index in [2.05, 4.69) is 0 Å². The molecule has 2 aromatic carbocycles. The Hall–Kier alpha value is -3.03. The molecular formula is C20H18F3NO4. The van der Waals surface area contributed by atoms with E-state index in [9.17, 15) is 27.9 Å². The number of ether oxygens (including phenoxy) is 1. The van der Waals surface area contributed by atoms with Crippen LogP contribution in [0.3, 0.4) is 0 Å². The molecule has 0 spiro atoms. The molecule has 0 unspecified atom stereocenters. The number of halogens is 3. The lowest BCUT2D eigenvalue weighted by atomic mass is 9.88. The molecule has 0 aromatic heterocycles. The van der Waals surface area contributed by atoms with E-state index in [-0.39, 0.29) is 19.7 Å². The van der Waals surface area contributed by atoms with Gasteiger partial charge >= 0.3 is 18.2 Å². The standard InChI is InChI=1S/C20H18F3NO4/c21-20(22,23)15-8-6-14(7-9-15)16-10-24(11-17(16)18(25)26)19(27)28-12-13-4-2-1-3-5-13/h1-9,16-17H,10-12H2,(H,25,26)/t16-,17+/m0/s1. The lowest BCUT2D eigenvalue weighted by molar-refractivity contribution is -0.141. The van der Waals surface area contributed by atoms with Gasteiger partial charge in [-0.15, -0.1) is 0 Å². The number of carbonyl (C=O) groups excluding carboxylic acids is 1. The number of amides is 1. The van der Waals surface area contributed by atoms with E-state index in [4.69, 9.17) is 4.74 Å². The molecule has 1 heterocycles. The first-order chi connectivity index (χ1) is 13.3. The summed E-state index contributed by atoms with van der Waals surface area (Å²) in [5.74, 6) is -2.63. The van der Waals surface area contributed by atoms with Crippen LogP contribution in [0.2, 0.25) is 0 Å². The molecule has 1 N–H and O–H groups in total. The summed E-state index contributed by atoms with van der Waals surface area (Å²) in [6.07, 6.45) is -5.11. The molecule has 1 amide bonds. The molecule has 1 aliphatic heterocycles. The minimum absolute atomic E-state index is 0.0544. The van der Waals surface area contributed by atoms with Gasteiger partial charge in [-0.3, -0.25) is 4.79 Å². The number of carboxylic acids is 1. The van der Waals surface area contributed by atoms with Crippen LogP contribution in [0.15, 0.2) is 54.6 Å². The van der Waals surface area contributed by atoms with Crippen molar-refractivity contribution in [3.05, 3.63) is 71.3 Å². The van der Waals surface area contributed by atoms with Crippen molar-refractivity contribution in [2.24, 2.45) is 5.92 Å². The Balaban J connectivity index is 1.70. The maximum atomic E-state index is 12.7. The second kappa shape index (κ2) is 7.92. The highest BCUT2D eigenvalue weighted by Crippen LogP contribution is 2.35. The van der Waals surface area contributed by atoms with Gasteiger partial charge in [-0.1, -0.05) is 42.5 Å². The van der Waals surface area contributed by atoms with Gasteiger partial charge in [0.15, 0.2) is 0 Å². The Labute approximate surface area is 159 Å². The van der Waals surface area contributed by atoms with Crippen molar-refractivity contribution in [1.82, 2.24) is 4.90 Å². The fourth-order valence-electron chi connectivity index (χ4n) is 3.27. The van der Waals surface area contributed by atoms with Crippen molar-refractivity contribution in [2.45, 2.75) is 18.7 Å². The van der Waals surface area contributed by atoms with Gasteiger partial charge in [-0.25, -0.2) is 4.79 Å². The third-order valence-corrected chi connectivity index (χ3v) is 4.77. The van der Waals surface area contributed by atoms with Crippen molar-refractivity contribution in [3.8, 4) is 0 Å². The monoisotopic (exact) mass is 393 g/mol. The maximum Gasteiger partial charge on any atom is 0.416 e. The zero-order valence-corrected chi connectivity index (χ0v) is 14.7. The van der Waals surface area contributed by atoms with Gasteiger partial charge < -0.3 is 14.7 Å². The molecule has 2 aromatic rings. The Morgan fingerprint density at radius 3 is 2.25 bits per heavy atom. The van der Waals surface area contributed by atoms with Crippen LogP contribution >= 0.6 is 0 Å².